The highest BCUT2D eigenvalue weighted by Crippen LogP contribution is 2.24. The minimum atomic E-state index is -0.283. The van der Waals surface area contributed by atoms with Crippen molar-refractivity contribution in [1.82, 2.24) is 9.88 Å². The highest BCUT2D eigenvalue weighted by atomic mass is 32.2. The van der Waals surface area contributed by atoms with Crippen LogP contribution in [0.5, 0.6) is 11.6 Å². The SMILES string of the molecule is CC(=O)SC(CCCCC(=O)N(C)CCOc1ccc(Cc2sc(=O)[nH]c2O)cc1)CCSC(=O)CN. The second-order valence-electron chi connectivity index (χ2n) is 8.46. The molecular weight excluding hydrogens is 534 g/mol. The molecule has 1 aromatic carbocycles. The molecule has 0 aliphatic rings. The van der Waals surface area contributed by atoms with Crippen molar-refractivity contribution in [1.29, 1.82) is 0 Å². The topological polar surface area (TPSA) is 143 Å². The van der Waals surface area contributed by atoms with Gasteiger partial charge in [-0.1, -0.05) is 53.4 Å². The summed E-state index contributed by atoms with van der Waals surface area (Å²) >= 11 is 3.50. The fraction of sp³-hybridized carbons (Fsp3) is 0.520. The number of nitrogens with two attached hydrogens (primary N) is 1. The van der Waals surface area contributed by atoms with E-state index in [4.69, 9.17) is 10.5 Å². The van der Waals surface area contributed by atoms with Crippen LogP contribution in [0.4, 0.5) is 0 Å². The number of hydrogen-bond donors (Lipinski definition) is 3. The van der Waals surface area contributed by atoms with Crippen LogP contribution < -0.4 is 15.3 Å². The van der Waals surface area contributed by atoms with E-state index in [1.807, 2.05) is 24.3 Å². The summed E-state index contributed by atoms with van der Waals surface area (Å²) in [6.45, 7) is 2.39. The highest BCUT2D eigenvalue weighted by Gasteiger charge is 2.15. The Morgan fingerprint density at radius 1 is 1.19 bits per heavy atom. The lowest BCUT2D eigenvalue weighted by molar-refractivity contribution is -0.130. The van der Waals surface area contributed by atoms with Crippen LogP contribution in [0.2, 0.25) is 0 Å². The van der Waals surface area contributed by atoms with Crippen LogP contribution in [0, 0.1) is 0 Å². The number of nitrogens with one attached hydrogen (secondary N) is 1. The van der Waals surface area contributed by atoms with Gasteiger partial charge < -0.3 is 20.5 Å². The van der Waals surface area contributed by atoms with Crippen molar-refractivity contribution in [3.05, 3.63) is 44.4 Å². The number of thiazole rings is 1. The van der Waals surface area contributed by atoms with Gasteiger partial charge in [-0.15, -0.1) is 0 Å². The zero-order chi connectivity index (χ0) is 27.2. The number of aromatic amines is 1. The number of H-pyrrole nitrogens is 1. The van der Waals surface area contributed by atoms with Gasteiger partial charge >= 0.3 is 4.87 Å². The van der Waals surface area contributed by atoms with E-state index in [0.29, 0.717) is 42.4 Å². The van der Waals surface area contributed by atoms with Crippen molar-refractivity contribution < 1.29 is 24.2 Å². The van der Waals surface area contributed by atoms with Gasteiger partial charge in [0.1, 0.15) is 12.4 Å². The van der Waals surface area contributed by atoms with Crippen LogP contribution in [0.3, 0.4) is 0 Å². The quantitative estimate of drug-likeness (QED) is 0.259. The number of ether oxygens (including phenoxy) is 1. The number of aromatic hydroxyl groups is 1. The Hall–Kier alpha value is -2.28. The third-order valence-corrected chi connectivity index (χ3v) is 8.42. The van der Waals surface area contributed by atoms with Gasteiger partial charge in [-0.3, -0.25) is 24.2 Å². The molecule has 1 unspecified atom stereocenters. The number of benzene rings is 1. The molecule has 2 rings (SSSR count). The molecular formula is C25H35N3O6S3. The zero-order valence-electron chi connectivity index (χ0n) is 21.2. The Kier molecular flexibility index (Phi) is 13.8. The molecule has 4 N–H and O–H groups in total. The van der Waals surface area contributed by atoms with Crippen molar-refractivity contribution in [3.63, 3.8) is 0 Å². The summed E-state index contributed by atoms with van der Waals surface area (Å²) in [5.41, 5.74) is 6.27. The molecule has 2 aromatic rings. The summed E-state index contributed by atoms with van der Waals surface area (Å²) in [4.78, 5) is 50.9. The lowest BCUT2D eigenvalue weighted by atomic mass is 10.1. The van der Waals surface area contributed by atoms with Gasteiger partial charge in [0.25, 0.3) is 0 Å². The summed E-state index contributed by atoms with van der Waals surface area (Å²) in [7, 11) is 1.75. The number of hydrogen-bond acceptors (Lipinski definition) is 10. The standard InChI is InChI=1S/C25H35N3O6S3/c1-17(29)36-20(11-14-35-23(31)16-26)5-3-4-6-22(30)28(2)12-13-34-19-9-7-18(8-10-19)15-21-24(32)27-25(33)37-21/h7-10,20,32H,3-6,11-16,26H2,1-2H3,(H,27,33). The molecule has 0 fully saturated rings. The van der Waals surface area contributed by atoms with Crippen LogP contribution in [-0.2, 0) is 20.8 Å². The van der Waals surface area contributed by atoms with Crippen LogP contribution in [-0.4, -0.2) is 68.9 Å². The maximum Gasteiger partial charge on any atom is 0.307 e. The molecule has 0 bridgehead atoms. The normalized spacial score (nSPS) is 11.8. The van der Waals surface area contributed by atoms with Crippen molar-refractivity contribution in [2.45, 2.75) is 50.7 Å². The summed E-state index contributed by atoms with van der Waals surface area (Å²) in [6.07, 6.45) is 4.03. The van der Waals surface area contributed by atoms with Crippen molar-refractivity contribution in [2.75, 3.05) is 32.5 Å². The van der Waals surface area contributed by atoms with Gasteiger partial charge in [0, 0.05) is 37.8 Å². The van der Waals surface area contributed by atoms with Crippen LogP contribution in [0.1, 0.15) is 49.5 Å². The number of thioether (sulfide) groups is 2. The molecule has 204 valence electrons. The summed E-state index contributed by atoms with van der Waals surface area (Å²) in [5, 5.41) is 9.86. The molecule has 1 amide bonds. The predicted molar refractivity (Wildman–Crippen MR) is 151 cm³/mol. The maximum atomic E-state index is 12.4. The molecule has 0 radical (unpaired) electrons. The average molecular weight is 570 g/mol. The first-order valence-electron chi connectivity index (χ1n) is 12.1. The smallest absolute Gasteiger partial charge is 0.307 e. The maximum absolute atomic E-state index is 12.4. The molecule has 9 nitrogen and oxygen atoms in total. The van der Waals surface area contributed by atoms with Gasteiger partial charge in [-0.2, -0.15) is 0 Å². The molecule has 0 saturated heterocycles. The number of likely N-dealkylation sites (N-methyl/N-ethyl adjacent to an activating group) is 1. The fourth-order valence-electron chi connectivity index (χ4n) is 3.49. The Morgan fingerprint density at radius 2 is 1.92 bits per heavy atom. The lowest BCUT2D eigenvalue weighted by Crippen LogP contribution is -2.30. The second-order valence-corrected chi connectivity index (χ2v) is 12.2. The average Bonchev–Trinajstić information content (AvgIpc) is 3.17. The summed E-state index contributed by atoms with van der Waals surface area (Å²) in [5.74, 6) is 1.28. The summed E-state index contributed by atoms with van der Waals surface area (Å²) < 4.78 is 5.75. The van der Waals surface area contributed by atoms with Crippen molar-refractivity contribution >= 4 is 51.0 Å². The van der Waals surface area contributed by atoms with E-state index in [9.17, 15) is 24.3 Å². The fourth-order valence-corrected chi connectivity index (χ4v) is 6.13. The number of aromatic nitrogens is 1. The number of rotatable bonds is 16. The van der Waals surface area contributed by atoms with E-state index < -0.39 is 0 Å². The molecule has 1 aromatic heterocycles. The molecule has 1 atom stereocenters. The molecule has 0 spiro atoms. The molecule has 0 aliphatic heterocycles. The van der Waals surface area contributed by atoms with Gasteiger partial charge in [-0.25, -0.2) is 0 Å². The van der Waals surface area contributed by atoms with E-state index in [0.717, 1.165) is 42.6 Å². The zero-order valence-corrected chi connectivity index (χ0v) is 23.6. The Balaban J connectivity index is 1.65. The monoisotopic (exact) mass is 569 g/mol. The van der Waals surface area contributed by atoms with E-state index in [1.54, 1.807) is 18.9 Å². The molecule has 12 heteroatoms. The van der Waals surface area contributed by atoms with Crippen LogP contribution >= 0.6 is 34.9 Å². The van der Waals surface area contributed by atoms with E-state index in [1.165, 1.54) is 23.5 Å². The minimum Gasteiger partial charge on any atom is -0.494 e. The molecule has 0 saturated carbocycles. The Morgan fingerprint density at radius 3 is 2.54 bits per heavy atom. The molecule has 37 heavy (non-hydrogen) atoms. The second kappa shape index (κ2) is 16.5. The number of unbranched alkanes of at least 4 members (excludes halogenated alkanes) is 1. The lowest BCUT2D eigenvalue weighted by Gasteiger charge is -2.18. The van der Waals surface area contributed by atoms with Gasteiger partial charge in [-0.05, 0) is 37.0 Å². The van der Waals surface area contributed by atoms with Gasteiger partial charge in [0.15, 0.2) is 5.12 Å². The summed E-state index contributed by atoms with van der Waals surface area (Å²) in [6, 6.07) is 7.40. The Bertz CT molecular complexity index is 1070. The number of carbonyl (C=O) groups excluding carboxylic acids is 3. The van der Waals surface area contributed by atoms with Crippen molar-refractivity contribution in [2.24, 2.45) is 5.73 Å². The van der Waals surface area contributed by atoms with E-state index in [-0.39, 0.29) is 38.7 Å². The van der Waals surface area contributed by atoms with Crippen LogP contribution in [0.25, 0.3) is 0 Å². The third kappa shape index (κ3) is 12.2. The first-order valence-corrected chi connectivity index (χ1v) is 14.8. The largest absolute Gasteiger partial charge is 0.494 e. The van der Waals surface area contributed by atoms with E-state index in [2.05, 4.69) is 4.98 Å². The first-order chi connectivity index (χ1) is 17.7. The minimum absolute atomic E-state index is 0.0221. The van der Waals surface area contributed by atoms with Crippen molar-refractivity contribution in [3.8, 4) is 11.6 Å². The molecule has 0 aliphatic carbocycles. The first kappa shape index (κ1) is 30.9. The highest BCUT2D eigenvalue weighted by molar-refractivity contribution is 8.14. The Labute approximate surface area is 229 Å². The number of carbonyl (C=O) groups is 3. The molecule has 1 heterocycles. The van der Waals surface area contributed by atoms with Gasteiger partial charge in [0.05, 0.1) is 18.0 Å². The predicted octanol–water partition coefficient (Wildman–Crippen LogP) is 3.39. The van der Waals surface area contributed by atoms with Crippen LogP contribution in [0.15, 0.2) is 29.1 Å². The number of amides is 1. The number of nitrogens with zero attached hydrogens (tertiary/aromatic N) is 1. The third-order valence-electron chi connectivity index (χ3n) is 5.48. The van der Waals surface area contributed by atoms with E-state index >= 15 is 0 Å². The van der Waals surface area contributed by atoms with Gasteiger partial charge in [0.2, 0.25) is 16.9 Å².